The summed E-state index contributed by atoms with van der Waals surface area (Å²) < 4.78 is 0.666. The third kappa shape index (κ3) is 3.69. The van der Waals surface area contributed by atoms with Gasteiger partial charge in [-0.1, -0.05) is 48.3 Å². The van der Waals surface area contributed by atoms with Gasteiger partial charge in [-0.25, -0.2) is 0 Å². The van der Waals surface area contributed by atoms with Crippen molar-refractivity contribution in [3.8, 4) is 27.3 Å². The molecule has 3 rings (SSSR count). The summed E-state index contributed by atoms with van der Waals surface area (Å²) in [6.45, 7) is 2.11. The van der Waals surface area contributed by atoms with E-state index in [9.17, 15) is 10.3 Å². The van der Waals surface area contributed by atoms with E-state index in [1.165, 1.54) is 11.3 Å². The molecule has 134 valence electrons. The van der Waals surface area contributed by atoms with Crippen LogP contribution in [-0.4, -0.2) is 16.1 Å². The maximum Gasteiger partial charge on any atom is 0.170 e. The zero-order chi connectivity index (χ0) is 18.7. The Hall–Kier alpha value is -2.50. The second-order valence-corrected chi connectivity index (χ2v) is 7.67. The molecule has 6 heteroatoms. The van der Waals surface area contributed by atoms with Crippen molar-refractivity contribution >= 4 is 28.8 Å². The average molecular weight is 387 g/mol. The topological polar surface area (TPSA) is 78.8 Å². The van der Waals surface area contributed by atoms with E-state index < -0.39 is 0 Å². The monoisotopic (exact) mass is 386 g/mol. The molecule has 4 nitrogen and oxygen atoms in total. The zero-order valence-corrected chi connectivity index (χ0v) is 15.8. The number of nitrogens with zero attached hydrogens (tertiary/aromatic N) is 1. The minimum Gasteiger partial charge on any atom is -0.508 e. The molecule has 4 N–H and O–H groups in total. The molecule has 0 aliphatic heterocycles. The number of oxime groups is 1. The van der Waals surface area contributed by atoms with Gasteiger partial charge in [0.15, 0.2) is 5.84 Å². The number of thiophene rings is 1. The second-order valence-electron chi connectivity index (χ2n) is 5.95. The van der Waals surface area contributed by atoms with E-state index in [0.29, 0.717) is 9.90 Å². The molecule has 0 saturated carbocycles. The molecule has 0 amide bonds. The van der Waals surface area contributed by atoms with Crippen molar-refractivity contribution in [2.45, 2.75) is 19.8 Å². The minimum atomic E-state index is 0.0579. The molecule has 0 atom stereocenters. The lowest BCUT2D eigenvalue weighted by molar-refractivity contribution is 0.318. The maximum absolute atomic E-state index is 9.63. The predicted octanol–water partition coefficient (Wildman–Crippen LogP) is 5.49. The first-order valence-electron chi connectivity index (χ1n) is 8.23. The van der Waals surface area contributed by atoms with Crippen molar-refractivity contribution in [1.82, 2.24) is 0 Å². The SMILES string of the molecule is CCCc1cc(/C(N)=N/O)c(-c2ccc(Cl)s2)c(-c2ccc(O)cc2)c1. The highest BCUT2D eigenvalue weighted by Gasteiger charge is 2.18. The smallest absolute Gasteiger partial charge is 0.170 e. The summed E-state index contributed by atoms with van der Waals surface area (Å²) in [7, 11) is 0. The Kier molecular flexibility index (Phi) is 5.49. The molecule has 0 spiro atoms. The molecular formula is C20H19ClN2O2S. The Balaban J connectivity index is 2.34. The molecule has 1 aromatic heterocycles. The van der Waals surface area contributed by atoms with Crippen molar-refractivity contribution in [3.05, 3.63) is 64.0 Å². The van der Waals surface area contributed by atoms with Gasteiger partial charge in [0.1, 0.15) is 5.75 Å². The number of halogens is 1. The van der Waals surface area contributed by atoms with E-state index in [-0.39, 0.29) is 11.6 Å². The van der Waals surface area contributed by atoms with Crippen LogP contribution in [0.25, 0.3) is 21.6 Å². The van der Waals surface area contributed by atoms with E-state index >= 15 is 0 Å². The maximum atomic E-state index is 9.63. The summed E-state index contributed by atoms with van der Waals surface area (Å²) >= 11 is 7.59. The Morgan fingerprint density at radius 3 is 2.46 bits per heavy atom. The second kappa shape index (κ2) is 7.81. The van der Waals surface area contributed by atoms with Crippen LogP contribution in [0.15, 0.2) is 53.7 Å². The molecule has 0 aliphatic rings. The van der Waals surface area contributed by atoms with Gasteiger partial charge >= 0.3 is 0 Å². The highest BCUT2D eigenvalue weighted by atomic mass is 35.5. The van der Waals surface area contributed by atoms with Crippen LogP contribution in [0.1, 0.15) is 24.5 Å². The molecular weight excluding hydrogens is 368 g/mol. The summed E-state index contributed by atoms with van der Waals surface area (Å²) in [6, 6.07) is 14.9. The van der Waals surface area contributed by atoms with Gasteiger partial charge in [0.05, 0.1) is 4.34 Å². The first-order valence-corrected chi connectivity index (χ1v) is 9.42. The van der Waals surface area contributed by atoms with E-state index in [1.54, 1.807) is 12.1 Å². The summed E-state index contributed by atoms with van der Waals surface area (Å²) in [5.41, 5.74) is 10.5. The molecule has 2 aromatic carbocycles. The molecule has 1 heterocycles. The fourth-order valence-electron chi connectivity index (χ4n) is 2.97. The number of aromatic hydroxyl groups is 1. The number of phenols is 1. The number of aryl methyl sites for hydroxylation is 1. The van der Waals surface area contributed by atoms with Gasteiger partial charge in [0, 0.05) is 16.0 Å². The van der Waals surface area contributed by atoms with Crippen LogP contribution in [0.4, 0.5) is 0 Å². The number of amidine groups is 1. The van der Waals surface area contributed by atoms with Crippen LogP contribution >= 0.6 is 22.9 Å². The van der Waals surface area contributed by atoms with Crippen molar-refractivity contribution < 1.29 is 10.3 Å². The van der Waals surface area contributed by atoms with Gasteiger partial charge in [0.2, 0.25) is 0 Å². The Morgan fingerprint density at radius 2 is 1.88 bits per heavy atom. The van der Waals surface area contributed by atoms with Crippen LogP contribution in [0, 0.1) is 0 Å². The number of nitrogens with two attached hydrogens (primary N) is 1. The molecule has 0 aliphatic carbocycles. The lowest BCUT2D eigenvalue weighted by Crippen LogP contribution is -2.15. The highest BCUT2D eigenvalue weighted by molar-refractivity contribution is 7.19. The lowest BCUT2D eigenvalue weighted by Gasteiger charge is -2.16. The van der Waals surface area contributed by atoms with Gasteiger partial charge in [-0.3, -0.25) is 0 Å². The Labute approximate surface area is 161 Å². The third-order valence-electron chi connectivity index (χ3n) is 4.12. The molecule has 0 unspecified atom stereocenters. The number of hydrogen-bond donors (Lipinski definition) is 3. The summed E-state index contributed by atoms with van der Waals surface area (Å²) in [5.74, 6) is 0.262. The van der Waals surface area contributed by atoms with Crippen LogP contribution < -0.4 is 5.73 Å². The van der Waals surface area contributed by atoms with Crippen LogP contribution in [0.3, 0.4) is 0 Å². The van der Waals surface area contributed by atoms with Gasteiger partial charge < -0.3 is 16.0 Å². The first-order chi connectivity index (χ1) is 12.5. The van der Waals surface area contributed by atoms with Gasteiger partial charge in [0.25, 0.3) is 0 Å². The van der Waals surface area contributed by atoms with Crippen LogP contribution in [0.5, 0.6) is 5.75 Å². The standard InChI is InChI=1S/C20H19ClN2O2S/c1-2-3-12-10-15(13-4-6-14(24)7-5-13)19(16(11-12)20(22)23-25)17-8-9-18(21)26-17/h4-11,24-25H,2-3H2,1H3,(H2,22,23). The minimum absolute atomic E-state index is 0.0579. The number of hydrogen-bond acceptors (Lipinski definition) is 4. The number of rotatable bonds is 5. The fourth-order valence-corrected chi connectivity index (χ4v) is 4.09. The molecule has 0 bridgehead atoms. The number of benzene rings is 2. The molecule has 0 fully saturated rings. The summed E-state index contributed by atoms with van der Waals surface area (Å²) in [6.07, 6.45) is 1.86. The lowest BCUT2D eigenvalue weighted by atomic mass is 9.90. The molecule has 26 heavy (non-hydrogen) atoms. The highest BCUT2D eigenvalue weighted by Crippen LogP contribution is 2.41. The van der Waals surface area contributed by atoms with Crippen molar-refractivity contribution in [2.75, 3.05) is 0 Å². The van der Waals surface area contributed by atoms with E-state index in [4.69, 9.17) is 17.3 Å². The zero-order valence-electron chi connectivity index (χ0n) is 14.2. The normalized spacial score (nSPS) is 11.7. The first kappa shape index (κ1) is 18.3. The van der Waals surface area contributed by atoms with Crippen LogP contribution in [-0.2, 0) is 6.42 Å². The van der Waals surface area contributed by atoms with Gasteiger partial charge in [-0.05, 0) is 53.4 Å². The quantitative estimate of drug-likeness (QED) is 0.235. The van der Waals surface area contributed by atoms with Crippen molar-refractivity contribution in [2.24, 2.45) is 10.9 Å². The van der Waals surface area contributed by atoms with E-state index in [2.05, 4.69) is 18.1 Å². The van der Waals surface area contributed by atoms with Gasteiger partial charge in [-0.15, -0.1) is 11.3 Å². The largest absolute Gasteiger partial charge is 0.508 e. The summed E-state index contributed by atoms with van der Waals surface area (Å²) in [5, 5.41) is 22.1. The van der Waals surface area contributed by atoms with E-state index in [0.717, 1.165) is 40.0 Å². The Morgan fingerprint density at radius 1 is 1.15 bits per heavy atom. The van der Waals surface area contributed by atoms with E-state index in [1.807, 2.05) is 30.3 Å². The molecule has 3 aromatic rings. The van der Waals surface area contributed by atoms with Crippen molar-refractivity contribution in [1.29, 1.82) is 0 Å². The predicted molar refractivity (Wildman–Crippen MR) is 108 cm³/mol. The Bertz CT molecular complexity index is 949. The summed E-state index contributed by atoms with van der Waals surface area (Å²) in [4.78, 5) is 0.933. The number of phenolic OH excluding ortho intramolecular Hbond substituents is 1. The molecule has 0 saturated heterocycles. The fraction of sp³-hybridized carbons (Fsp3) is 0.150. The molecule has 0 radical (unpaired) electrons. The van der Waals surface area contributed by atoms with Gasteiger partial charge in [-0.2, -0.15) is 0 Å². The third-order valence-corrected chi connectivity index (χ3v) is 5.37. The van der Waals surface area contributed by atoms with Crippen LogP contribution in [0.2, 0.25) is 4.34 Å². The average Bonchev–Trinajstić information content (AvgIpc) is 3.07. The van der Waals surface area contributed by atoms with Crippen molar-refractivity contribution in [3.63, 3.8) is 0 Å².